The highest BCUT2D eigenvalue weighted by Crippen LogP contribution is 2.22. The summed E-state index contributed by atoms with van der Waals surface area (Å²) in [6.07, 6.45) is 0. The molecule has 0 spiro atoms. The van der Waals surface area contributed by atoms with Crippen LogP contribution in [0.5, 0.6) is 0 Å². The van der Waals surface area contributed by atoms with Crippen LogP contribution in [-0.2, 0) is 9.84 Å². The van der Waals surface area contributed by atoms with Gasteiger partial charge < -0.3 is 0 Å². The molecule has 0 aliphatic rings. The van der Waals surface area contributed by atoms with E-state index in [-0.39, 0.29) is 0 Å². The SMILES string of the molecule is O=S(=O)([C@H](Br)CBr)[C@@H](Br)CBr. The molecule has 68 valence electrons. The van der Waals surface area contributed by atoms with Crippen LogP contribution in [0.4, 0.5) is 0 Å². The summed E-state index contributed by atoms with van der Waals surface area (Å²) >= 11 is 12.3. The minimum atomic E-state index is -3.10. The summed E-state index contributed by atoms with van der Waals surface area (Å²) in [5.41, 5.74) is 0. The smallest absolute Gasteiger partial charge is 0.177 e. The number of sulfone groups is 1. The van der Waals surface area contributed by atoms with Gasteiger partial charge in [0, 0.05) is 10.7 Å². The molecule has 2 nitrogen and oxygen atoms in total. The molecule has 0 heterocycles. The molecule has 0 radical (unpaired) electrons. The van der Waals surface area contributed by atoms with Gasteiger partial charge in [0.05, 0.1) is 0 Å². The minimum Gasteiger partial charge on any atom is -0.226 e. The van der Waals surface area contributed by atoms with Crippen molar-refractivity contribution in [2.24, 2.45) is 0 Å². The fourth-order valence-corrected chi connectivity index (χ4v) is 5.65. The van der Waals surface area contributed by atoms with E-state index in [4.69, 9.17) is 0 Å². The molecule has 0 aliphatic carbocycles. The first kappa shape index (κ1) is 12.9. The van der Waals surface area contributed by atoms with E-state index < -0.39 is 18.2 Å². The molecule has 0 aliphatic heterocycles. The van der Waals surface area contributed by atoms with Gasteiger partial charge in [0.25, 0.3) is 0 Å². The molecule has 0 aromatic heterocycles. The van der Waals surface area contributed by atoms with Gasteiger partial charge >= 0.3 is 0 Å². The number of rotatable bonds is 4. The molecular formula is C4H6Br4O2S. The molecule has 0 saturated carbocycles. The minimum absolute atomic E-state index is 0.393. The predicted molar refractivity (Wildman–Crippen MR) is 61.9 cm³/mol. The van der Waals surface area contributed by atoms with E-state index >= 15 is 0 Å². The Balaban J connectivity index is 4.46. The van der Waals surface area contributed by atoms with Gasteiger partial charge in [-0.2, -0.15) is 0 Å². The largest absolute Gasteiger partial charge is 0.226 e. The third-order valence-electron chi connectivity index (χ3n) is 0.956. The van der Waals surface area contributed by atoms with Crippen LogP contribution in [0.1, 0.15) is 0 Å². The first-order valence-corrected chi connectivity index (χ1v) is 8.28. The molecule has 0 aromatic rings. The summed E-state index contributed by atoms with van der Waals surface area (Å²) in [5, 5.41) is 0.787. The molecular weight excluding hydrogens is 432 g/mol. The zero-order valence-corrected chi connectivity index (χ0v) is 12.5. The molecule has 0 amide bonds. The Morgan fingerprint density at radius 3 is 1.45 bits per heavy atom. The molecule has 0 N–H and O–H groups in total. The van der Waals surface area contributed by atoms with E-state index in [1.54, 1.807) is 0 Å². The van der Waals surface area contributed by atoms with Crippen molar-refractivity contribution in [1.82, 2.24) is 0 Å². The van der Waals surface area contributed by atoms with E-state index in [0.29, 0.717) is 10.7 Å². The number of hydrogen-bond donors (Lipinski definition) is 0. The number of halogens is 4. The lowest BCUT2D eigenvalue weighted by Crippen LogP contribution is -2.26. The average Bonchev–Trinajstić information content (AvgIpc) is 2.01. The van der Waals surface area contributed by atoms with Crippen LogP contribution in [0.25, 0.3) is 0 Å². The Kier molecular flexibility index (Phi) is 6.52. The van der Waals surface area contributed by atoms with Crippen LogP contribution < -0.4 is 0 Å². The van der Waals surface area contributed by atoms with Crippen LogP contribution in [0.15, 0.2) is 0 Å². The van der Waals surface area contributed by atoms with E-state index in [9.17, 15) is 8.42 Å². The van der Waals surface area contributed by atoms with Gasteiger partial charge in [-0.15, -0.1) is 0 Å². The van der Waals surface area contributed by atoms with Crippen molar-refractivity contribution >= 4 is 73.6 Å². The monoisotopic (exact) mass is 434 g/mol. The maximum absolute atomic E-state index is 11.3. The highest BCUT2D eigenvalue weighted by Gasteiger charge is 2.28. The number of alkyl halides is 4. The quantitative estimate of drug-likeness (QED) is 0.634. The maximum atomic E-state index is 11.3. The fraction of sp³-hybridized carbons (Fsp3) is 1.00. The topological polar surface area (TPSA) is 34.1 Å². The molecule has 7 heteroatoms. The number of hydrogen-bond acceptors (Lipinski definition) is 2. The normalized spacial score (nSPS) is 17.8. The van der Waals surface area contributed by atoms with Crippen molar-refractivity contribution < 1.29 is 8.42 Å². The lowest BCUT2D eigenvalue weighted by atomic mass is 10.9. The molecule has 0 bridgehead atoms. The molecule has 0 unspecified atom stereocenters. The zero-order chi connectivity index (χ0) is 9.07. The van der Waals surface area contributed by atoms with Crippen molar-refractivity contribution in [3.63, 3.8) is 0 Å². The predicted octanol–water partition coefficient (Wildman–Crippen LogP) is 2.63. The third kappa shape index (κ3) is 3.62. The van der Waals surface area contributed by atoms with Gasteiger partial charge in [0.1, 0.15) is 8.32 Å². The van der Waals surface area contributed by atoms with Crippen LogP contribution in [-0.4, -0.2) is 27.4 Å². The second-order valence-corrected chi connectivity index (χ2v) is 8.75. The summed E-state index contributed by atoms with van der Waals surface area (Å²) in [6, 6.07) is 0. The van der Waals surface area contributed by atoms with E-state index in [1.807, 2.05) is 0 Å². The van der Waals surface area contributed by atoms with Gasteiger partial charge in [-0.1, -0.05) is 63.7 Å². The Morgan fingerprint density at radius 1 is 1.00 bits per heavy atom. The van der Waals surface area contributed by atoms with Crippen molar-refractivity contribution in [3.8, 4) is 0 Å². The lowest BCUT2D eigenvalue weighted by molar-refractivity contribution is 0.596. The van der Waals surface area contributed by atoms with Crippen molar-refractivity contribution in [2.75, 3.05) is 10.7 Å². The van der Waals surface area contributed by atoms with Gasteiger partial charge in [-0.25, -0.2) is 8.42 Å². The van der Waals surface area contributed by atoms with Gasteiger partial charge in [-0.05, 0) is 0 Å². The summed E-state index contributed by atoms with van der Waals surface area (Å²) in [7, 11) is -3.10. The second kappa shape index (κ2) is 5.57. The molecule has 0 fully saturated rings. The molecule has 2 atom stereocenters. The summed E-state index contributed by atoms with van der Waals surface area (Å²) in [5.74, 6) is 0. The van der Waals surface area contributed by atoms with Gasteiger partial charge in [0.2, 0.25) is 0 Å². The Hall–Kier alpha value is 1.87. The first-order chi connectivity index (χ1) is 4.96. The van der Waals surface area contributed by atoms with Gasteiger partial charge in [0.15, 0.2) is 9.84 Å². The fourth-order valence-electron chi connectivity index (χ4n) is 0.336. The van der Waals surface area contributed by atoms with Gasteiger partial charge in [-0.3, -0.25) is 0 Å². The van der Waals surface area contributed by atoms with E-state index in [1.165, 1.54) is 0 Å². The average molecular weight is 438 g/mol. The van der Waals surface area contributed by atoms with Crippen molar-refractivity contribution in [3.05, 3.63) is 0 Å². The van der Waals surface area contributed by atoms with Crippen LogP contribution in [0.2, 0.25) is 0 Å². The third-order valence-corrected chi connectivity index (χ3v) is 10.4. The lowest BCUT2D eigenvalue weighted by Gasteiger charge is -2.11. The Labute approximate surface area is 99.9 Å². The zero-order valence-electron chi connectivity index (χ0n) is 5.31. The van der Waals surface area contributed by atoms with E-state index in [0.717, 1.165) is 0 Å². The Bertz CT molecular complexity index is 186. The summed E-state index contributed by atoms with van der Waals surface area (Å²) < 4.78 is 21.6. The highest BCUT2D eigenvalue weighted by atomic mass is 79.9. The Morgan fingerprint density at radius 2 is 1.27 bits per heavy atom. The van der Waals surface area contributed by atoms with Crippen molar-refractivity contribution in [1.29, 1.82) is 0 Å². The first-order valence-electron chi connectivity index (χ1n) is 2.59. The van der Waals surface area contributed by atoms with E-state index in [2.05, 4.69) is 63.7 Å². The molecule has 0 rings (SSSR count). The second-order valence-electron chi connectivity index (χ2n) is 1.72. The van der Waals surface area contributed by atoms with Crippen LogP contribution >= 0.6 is 63.7 Å². The van der Waals surface area contributed by atoms with Crippen LogP contribution in [0.3, 0.4) is 0 Å². The standard InChI is InChI=1S/C4H6Br4O2S/c5-1-3(7)11(9,10)4(8)2-6/h3-4H,1-2H2/t3-,4+. The summed E-state index contributed by atoms with van der Waals surface area (Å²) in [6.45, 7) is 0. The maximum Gasteiger partial charge on any atom is 0.177 e. The summed E-state index contributed by atoms with van der Waals surface area (Å²) in [4.78, 5) is 0. The highest BCUT2D eigenvalue weighted by molar-refractivity contribution is 9.15. The molecule has 0 aromatic carbocycles. The molecule has 0 saturated heterocycles. The molecule has 11 heavy (non-hydrogen) atoms. The van der Waals surface area contributed by atoms with Crippen LogP contribution in [0, 0.1) is 0 Å². The van der Waals surface area contributed by atoms with Crippen molar-refractivity contribution in [2.45, 2.75) is 8.32 Å².